The smallest absolute Gasteiger partial charge is 0.124 e. The van der Waals surface area contributed by atoms with Crippen LogP contribution in [0.3, 0.4) is 0 Å². The first-order valence-electron chi connectivity index (χ1n) is 7.36. The van der Waals surface area contributed by atoms with Gasteiger partial charge in [0.15, 0.2) is 0 Å². The molecule has 0 radical (unpaired) electrons. The van der Waals surface area contributed by atoms with Crippen molar-refractivity contribution in [2.45, 2.75) is 45.4 Å². The topological polar surface area (TPSA) is 38.5 Å². The number of nitrogens with zero attached hydrogens (tertiary/aromatic N) is 2. The Bertz CT molecular complexity index is 620. The third-order valence-electron chi connectivity index (χ3n) is 4.11. The molecule has 0 saturated heterocycles. The van der Waals surface area contributed by atoms with Crippen molar-refractivity contribution in [2.24, 2.45) is 0 Å². The van der Waals surface area contributed by atoms with Gasteiger partial charge in [-0.3, -0.25) is 4.90 Å². The van der Waals surface area contributed by atoms with Gasteiger partial charge in [0, 0.05) is 19.0 Å². The van der Waals surface area contributed by atoms with Crippen LogP contribution in [0.5, 0.6) is 5.75 Å². The summed E-state index contributed by atoms with van der Waals surface area (Å²) in [6.07, 6.45) is 2.59. The summed E-state index contributed by atoms with van der Waals surface area (Å²) in [5.41, 5.74) is 3.48. The maximum absolute atomic E-state index is 5.92. The summed E-state index contributed by atoms with van der Waals surface area (Å²) in [6.45, 7) is 7.27. The summed E-state index contributed by atoms with van der Waals surface area (Å²) in [4.78, 5) is 2.26. The quantitative estimate of drug-likeness (QED) is 0.861. The van der Waals surface area contributed by atoms with Crippen molar-refractivity contribution in [2.75, 3.05) is 7.05 Å². The lowest BCUT2D eigenvalue weighted by Gasteiger charge is -2.23. The Morgan fingerprint density at radius 3 is 2.86 bits per heavy atom. The van der Waals surface area contributed by atoms with Gasteiger partial charge in [0.05, 0.1) is 6.04 Å². The van der Waals surface area contributed by atoms with E-state index in [4.69, 9.17) is 9.26 Å². The number of hydrogen-bond donors (Lipinski definition) is 0. The van der Waals surface area contributed by atoms with E-state index in [0.29, 0.717) is 0 Å². The summed E-state index contributed by atoms with van der Waals surface area (Å²) in [6, 6.07) is 8.64. The Morgan fingerprint density at radius 1 is 1.33 bits per heavy atom. The molecule has 4 nitrogen and oxygen atoms in total. The maximum Gasteiger partial charge on any atom is 0.124 e. The van der Waals surface area contributed by atoms with E-state index in [1.54, 1.807) is 6.26 Å². The van der Waals surface area contributed by atoms with Crippen LogP contribution in [0.15, 0.2) is 35.1 Å². The Kier molecular flexibility index (Phi) is 3.49. The zero-order valence-electron chi connectivity index (χ0n) is 13.1. The number of benzene rings is 1. The van der Waals surface area contributed by atoms with Gasteiger partial charge in [-0.15, -0.1) is 0 Å². The lowest BCUT2D eigenvalue weighted by molar-refractivity contribution is 0.138. The zero-order valence-corrected chi connectivity index (χ0v) is 13.1. The van der Waals surface area contributed by atoms with Crippen molar-refractivity contribution in [1.82, 2.24) is 10.1 Å². The number of fused-ring (bicyclic) bond motifs is 1. The summed E-state index contributed by atoms with van der Waals surface area (Å²) in [7, 11) is 2.10. The van der Waals surface area contributed by atoms with Crippen LogP contribution < -0.4 is 4.74 Å². The normalized spacial score (nSPS) is 17.6. The van der Waals surface area contributed by atoms with Gasteiger partial charge in [-0.05, 0) is 45.0 Å². The lowest BCUT2D eigenvalue weighted by atomic mass is 10.00. The fraction of sp³-hybridized carbons (Fsp3) is 0.471. The Hall–Kier alpha value is -1.81. The van der Waals surface area contributed by atoms with Crippen LogP contribution in [0.2, 0.25) is 0 Å². The Morgan fingerprint density at radius 2 is 2.14 bits per heavy atom. The Labute approximate surface area is 125 Å². The molecule has 2 heterocycles. The minimum absolute atomic E-state index is 0.0825. The fourth-order valence-corrected chi connectivity index (χ4v) is 2.85. The van der Waals surface area contributed by atoms with Crippen LogP contribution >= 0.6 is 0 Å². The Balaban J connectivity index is 1.72. The van der Waals surface area contributed by atoms with Gasteiger partial charge >= 0.3 is 0 Å². The number of rotatable bonds is 4. The molecule has 0 bridgehead atoms. The molecule has 3 rings (SSSR count). The number of hydrogen-bond acceptors (Lipinski definition) is 4. The average molecular weight is 286 g/mol. The summed E-state index contributed by atoms with van der Waals surface area (Å²) < 4.78 is 10.9. The second-order valence-corrected chi connectivity index (χ2v) is 6.50. The highest BCUT2D eigenvalue weighted by Gasteiger charge is 2.30. The molecule has 0 saturated carbocycles. The van der Waals surface area contributed by atoms with Gasteiger partial charge in [-0.2, -0.15) is 0 Å². The molecule has 2 aromatic rings. The van der Waals surface area contributed by atoms with E-state index in [0.717, 1.165) is 24.4 Å². The van der Waals surface area contributed by atoms with Crippen molar-refractivity contribution < 1.29 is 9.26 Å². The lowest BCUT2D eigenvalue weighted by Crippen LogP contribution is -2.24. The standard InChI is InChI=1S/C17H22N2O2/c1-12(15-7-8-20-18-15)19(4)11-13-5-6-16-14(9-13)10-17(2,3)21-16/h5-9,12H,10-11H2,1-4H3/t12-/m1/s1. The molecule has 1 aromatic carbocycles. The molecule has 0 spiro atoms. The zero-order chi connectivity index (χ0) is 15.0. The van der Waals surface area contributed by atoms with E-state index in [1.807, 2.05) is 6.07 Å². The number of ether oxygens (including phenoxy) is 1. The molecule has 0 fully saturated rings. The molecular formula is C17H22N2O2. The van der Waals surface area contributed by atoms with Gasteiger partial charge in [0.2, 0.25) is 0 Å². The highest BCUT2D eigenvalue weighted by Crippen LogP contribution is 2.35. The molecule has 0 amide bonds. The van der Waals surface area contributed by atoms with Crippen molar-refractivity contribution in [1.29, 1.82) is 0 Å². The second kappa shape index (κ2) is 5.19. The fourth-order valence-electron chi connectivity index (χ4n) is 2.85. The third-order valence-corrected chi connectivity index (χ3v) is 4.11. The maximum atomic E-state index is 5.92. The highest BCUT2D eigenvalue weighted by molar-refractivity contribution is 5.41. The summed E-state index contributed by atoms with van der Waals surface area (Å²) >= 11 is 0. The second-order valence-electron chi connectivity index (χ2n) is 6.50. The van der Waals surface area contributed by atoms with Crippen molar-refractivity contribution in [3.63, 3.8) is 0 Å². The molecule has 112 valence electrons. The third kappa shape index (κ3) is 2.95. The van der Waals surface area contributed by atoms with Gasteiger partial charge < -0.3 is 9.26 Å². The first kappa shape index (κ1) is 14.1. The SMILES string of the molecule is C[C@H](c1ccon1)N(C)Cc1ccc2c(c1)CC(C)(C)O2. The van der Waals surface area contributed by atoms with E-state index in [1.165, 1.54) is 11.1 Å². The molecule has 1 atom stereocenters. The number of aromatic nitrogens is 1. The van der Waals surface area contributed by atoms with E-state index < -0.39 is 0 Å². The molecule has 0 N–H and O–H groups in total. The van der Waals surface area contributed by atoms with Crippen LogP contribution in [0.1, 0.15) is 43.6 Å². The minimum Gasteiger partial charge on any atom is -0.487 e. The first-order valence-corrected chi connectivity index (χ1v) is 7.36. The predicted molar refractivity (Wildman–Crippen MR) is 81.2 cm³/mol. The monoisotopic (exact) mass is 286 g/mol. The molecule has 0 unspecified atom stereocenters. The molecule has 1 aromatic heterocycles. The van der Waals surface area contributed by atoms with E-state index in [9.17, 15) is 0 Å². The minimum atomic E-state index is -0.0825. The molecule has 1 aliphatic heterocycles. The van der Waals surface area contributed by atoms with E-state index >= 15 is 0 Å². The van der Waals surface area contributed by atoms with Crippen LogP contribution in [0, 0.1) is 0 Å². The average Bonchev–Trinajstić information content (AvgIpc) is 3.02. The van der Waals surface area contributed by atoms with Crippen LogP contribution in [-0.2, 0) is 13.0 Å². The first-order chi connectivity index (χ1) is 9.94. The molecule has 21 heavy (non-hydrogen) atoms. The molecule has 1 aliphatic rings. The largest absolute Gasteiger partial charge is 0.487 e. The van der Waals surface area contributed by atoms with Gasteiger partial charge in [0.1, 0.15) is 23.3 Å². The van der Waals surface area contributed by atoms with E-state index in [-0.39, 0.29) is 11.6 Å². The predicted octanol–water partition coefficient (Wildman–Crippen LogP) is 3.58. The van der Waals surface area contributed by atoms with Crippen molar-refractivity contribution in [3.8, 4) is 5.75 Å². The molecule has 4 heteroatoms. The van der Waals surface area contributed by atoms with Crippen molar-refractivity contribution >= 4 is 0 Å². The van der Waals surface area contributed by atoms with Gasteiger partial charge in [-0.1, -0.05) is 17.3 Å². The van der Waals surface area contributed by atoms with Gasteiger partial charge in [-0.25, -0.2) is 0 Å². The molecular weight excluding hydrogens is 264 g/mol. The highest BCUT2D eigenvalue weighted by atomic mass is 16.5. The van der Waals surface area contributed by atoms with Gasteiger partial charge in [0.25, 0.3) is 0 Å². The molecule has 0 aliphatic carbocycles. The van der Waals surface area contributed by atoms with Crippen LogP contribution in [-0.4, -0.2) is 22.7 Å². The van der Waals surface area contributed by atoms with Crippen LogP contribution in [0.25, 0.3) is 0 Å². The van der Waals surface area contributed by atoms with Crippen molar-refractivity contribution in [3.05, 3.63) is 47.3 Å². The van der Waals surface area contributed by atoms with E-state index in [2.05, 4.69) is 56.1 Å². The van der Waals surface area contributed by atoms with Crippen LogP contribution in [0.4, 0.5) is 0 Å². The summed E-state index contributed by atoms with van der Waals surface area (Å²) in [5, 5.41) is 4.02. The summed E-state index contributed by atoms with van der Waals surface area (Å²) in [5.74, 6) is 1.02.